The molecule has 4 aromatic rings. The van der Waals surface area contributed by atoms with Gasteiger partial charge >= 0.3 is 0 Å². The van der Waals surface area contributed by atoms with E-state index < -0.39 is 15.9 Å². The van der Waals surface area contributed by atoms with Gasteiger partial charge in [-0.05, 0) is 42.3 Å². The van der Waals surface area contributed by atoms with Crippen LogP contribution >= 0.6 is 11.6 Å². The number of piperazine rings is 1. The molecule has 0 spiro atoms. The molecule has 0 saturated carbocycles. The Morgan fingerprint density at radius 3 is 2.35 bits per heavy atom. The number of amides is 1. The summed E-state index contributed by atoms with van der Waals surface area (Å²) in [5.41, 5.74) is 7.90. The van der Waals surface area contributed by atoms with Gasteiger partial charge in [-0.2, -0.15) is 0 Å². The van der Waals surface area contributed by atoms with Crippen LogP contribution in [-0.4, -0.2) is 65.9 Å². The molecular weight excluding hydrogens is 512 g/mol. The fourth-order valence-corrected chi connectivity index (χ4v) is 6.27. The summed E-state index contributed by atoms with van der Waals surface area (Å²) in [5, 5.41) is 1.29. The third-order valence-electron chi connectivity index (χ3n) is 6.72. The highest BCUT2D eigenvalue weighted by Crippen LogP contribution is 2.31. The van der Waals surface area contributed by atoms with Crippen molar-refractivity contribution in [2.24, 2.45) is 5.73 Å². The van der Waals surface area contributed by atoms with E-state index in [0.29, 0.717) is 48.1 Å². The Hall–Kier alpha value is -3.47. The van der Waals surface area contributed by atoms with E-state index in [0.717, 1.165) is 11.1 Å². The minimum absolute atomic E-state index is 0.0198. The Morgan fingerprint density at radius 2 is 1.70 bits per heavy atom. The number of halogens is 1. The topological polar surface area (TPSA) is 114 Å². The Balaban J connectivity index is 1.39. The lowest BCUT2D eigenvalue weighted by Gasteiger charge is -2.37. The molecule has 1 saturated heterocycles. The number of fused-ring (bicyclic) bond motifs is 1. The molecule has 3 heterocycles. The van der Waals surface area contributed by atoms with Gasteiger partial charge in [0.25, 0.3) is 10.0 Å². The molecule has 1 fully saturated rings. The van der Waals surface area contributed by atoms with E-state index in [1.807, 2.05) is 24.0 Å². The lowest BCUT2D eigenvalue weighted by molar-refractivity contribution is -0.132. The fourth-order valence-electron chi connectivity index (χ4n) is 4.75. The van der Waals surface area contributed by atoms with Crippen LogP contribution in [0, 0.1) is 6.92 Å². The van der Waals surface area contributed by atoms with Crippen LogP contribution in [0.5, 0.6) is 0 Å². The van der Waals surface area contributed by atoms with Crippen LogP contribution in [0.15, 0.2) is 72.0 Å². The molecule has 1 atom stereocenters. The molecule has 1 amide bonds. The van der Waals surface area contributed by atoms with Gasteiger partial charge in [-0.25, -0.2) is 22.4 Å². The van der Waals surface area contributed by atoms with Gasteiger partial charge in [-0.1, -0.05) is 41.9 Å². The normalized spacial score (nSPS) is 15.2. The van der Waals surface area contributed by atoms with E-state index in [4.69, 9.17) is 17.3 Å². The van der Waals surface area contributed by atoms with Gasteiger partial charge in [0.05, 0.1) is 16.2 Å². The standard InChI is InChI=1S/C26H27ClN6O3S/c1-18-16-33(37(35,36)21-5-3-2-4-6-21)25-23(18)24(29-17-30-25)31-11-13-32(14-12-31)26(34)22(15-28)19-7-9-20(27)10-8-19/h2-10,16-17,22H,11-15,28H2,1H3. The minimum atomic E-state index is -3.82. The van der Waals surface area contributed by atoms with Crippen LogP contribution < -0.4 is 10.6 Å². The molecule has 2 N–H and O–H groups in total. The predicted molar refractivity (Wildman–Crippen MR) is 143 cm³/mol. The summed E-state index contributed by atoms with van der Waals surface area (Å²) in [6.45, 7) is 4.14. The maximum absolute atomic E-state index is 13.3. The van der Waals surface area contributed by atoms with Crippen molar-refractivity contribution in [3.63, 3.8) is 0 Å². The molecule has 37 heavy (non-hydrogen) atoms. The third-order valence-corrected chi connectivity index (χ3v) is 8.63. The Labute approximate surface area is 220 Å². The summed E-state index contributed by atoms with van der Waals surface area (Å²) < 4.78 is 27.9. The molecule has 1 unspecified atom stereocenters. The number of aromatic nitrogens is 3. The quantitative estimate of drug-likeness (QED) is 0.401. The monoisotopic (exact) mass is 538 g/mol. The van der Waals surface area contributed by atoms with E-state index in [1.54, 1.807) is 48.7 Å². The first-order valence-corrected chi connectivity index (χ1v) is 13.8. The molecule has 1 aliphatic heterocycles. The van der Waals surface area contributed by atoms with Crippen molar-refractivity contribution in [2.75, 3.05) is 37.6 Å². The molecular formula is C26H27ClN6O3S. The maximum atomic E-state index is 13.3. The van der Waals surface area contributed by atoms with E-state index in [-0.39, 0.29) is 17.3 Å². The molecule has 1 aliphatic rings. The number of nitrogens with zero attached hydrogens (tertiary/aromatic N) is 5. The molecule has 2 aromatic heterocycles. The minimum Gasteiger partial charge on any atom is -0.352 e. The molecule has 2 aromatic carbocycles. The van der Waals surface area contributed by atoms with Gasteiger partial charge in [0.1, 0.15) is 12.1 Å². The van der Waals surface area contributed by atoms with Crippen LogP contribution in [-0.2, 0) is 14.8 Å². The van der Waals surface area contributed by atoms with Gasteiger partial charge in [0.15, 0.2) is 5.65 Å². The lowest BCUT2D eigenvalue weighted by Crippen LogP contribution is -2.51. The molecule has 0 radical (unpaired) electrons. The van der Waals surface area contributed by atoms with Crippen molar-refractivity contribution in [1.29, 1.82) is 0 Å². The summed E-state index contributed by atoms with van der Waals surface area (Å²) in [6, 6.07) is 15.5. The third kappa shape index (κ3) is 4.68. The van der Waals surface area contributed by atoms with E-state index in [2.05, 4.69) is 14.9 Å². The smallest absolute Gasteiger partial charge is 0.269 e. The van der Waals surface area contributed by atoms with Gasteiger partial charge < -0.3 is 15.5 Å². The molecule has 11 heteroatoms. The Kier molecular flexibility index (Phi) is 6.89. The average molecular weight is 539 g/mol. The van der Waals surface area contributed by atoms with Crippen molar-refractivity contribution in [2.45, 2.75) is 17.7 Å². The molecule has 192 valence electrons. The zero-order valence-corrected chi connectivity index (χ0v) is 21.9. The number of benzene rings is 2. The maximum Gasteiger partial charge on any atom is 0.269 e. The summed E-state index contributed by atoms with van der Waals surface area (Å²) in [6.07, 6.45) is 2.97. The highest BCUT2D eigenvalue weighted by Gasteiger charge is 2.30. The predicted octanol–water partition coefficient (Wildman–Crippen LogP) is 3.02. The summed E-state index contributed by atoms with van der Waals surface area (Å²) in [5.74, 6) is 0.201. The van der Waals surface area contributed by atoms with Crippen LogP contribution in [0.25, 0.3) is 11.0 Å². The van der Waals surface area contributed by atoms with Gasteiger partial charge in [0.2, 0.25) is 5.91 Å². The Morgan fingerprint density at radius 1 is 1.03 bits per heavy atom. The number of carbonyl (C=O) groups excluding carboxylic acids is 1. The van der Waals surface area contributed by atoms with Crippen LogP contribution in [0.4, 0.5) is 5.82 Å². The number of hydrogen-bond acceptors (Lipinski definition) is 7. The lowest BCUT2D eigenvalue weighted by atomic mass is 9.97. The zero-order valence-electron chi connectivity index (χ0n) is 20.3. The number of aryl methyl sites for hydroxylation is 1. The van der Waals surface area contributed by atoms with Gasteiger partial charge in [0, 0.05) is 43.9 Å². The highest BCUT2D eigenvalue weighted by atomic mass is 35.5. The van der Waals surface area contributed by atoms with Crippen molar-refractivity contribution in [1.82, 2.24) is 18.8 Å². The molecule has 0 aliphatic carbocycles. The van der Waals surface area contributed by atoms with Crippen LogP contribution in [0.2, 0.25) is 5.02 Å². The number of nitrogens with two attached hydrogens (primary N) is 1. The first kappa shape index (κ1) is 25.2. The van der Waals surface area contributed by atoms with Gasteiger partial charge in [-0.15, -0.1) is 0 Å². The first-order valence-electron chi connectivity index (χ1n) is 11.9. The van der Waals surface area contributed by atoms with Crippen LogP contribution in [0.1, 0.15) is 17.0 Å². The molecule has 9 nitrogen and oxygen atoms in total. The summed E-state index contributed by atoms with van der Waals surface area (Å²) >= 11 is 5.99. The van der Waals surface area contributed by atoms with Crippen molar-refractivity contribution in [3.8, 4) is 0 Å². The second-order valence-corrected chi connectivity index (χ2v) is 11.2. The number of anilines is 1. The van der Waals surface area contributed by atoms with Crippen molar-refractivity contribution in [3.05, 3.63) is 83.3 Å². The first-order chi connectivity index (χ1) is 17.8. The average Bonchev–Trinajstić information content (AvgIpc) is 3.28. The van der Waals surface area contributed by atoms with Crippen LogP contribution in [0.3, 0.4) is 0 Å². The SMILES string of the molecule is Cc1cn(S(=O)(=O)c2ccccc2)c2ncnc(N3CCN(C(=O)C(CN)c4ccc(Cl)cc4)CC3)c12. The largest absolute Gasteiger partial charge is 0.352 e. The van der Waals surface area contributed by atoms with Gasteiger partial charge in [-0.3, -0.25) is 4.79 Å². The fraction of sp³-hybridized carbons (Fsp3) is 0.269. The second kappa shape index (κ2) is 10.1. The molecule has 0 bridgehead atoms. The number of carbonyl (C=O) groups is 1. The zero-order chi connectivity index (χ0) is 26.2. The Bertz CT molecular complexity index is 1530. The summed E-state index contributed by atoms with van der Waals surface area (Å²) in [7, 11) is -3.82. The second-order valence-electron chi connectivity index (χ2n) is 8.97. The van der Waals surface area contributed by atoms with E-state index in [1.165, 1.54) is 10.3 Å². The highest BCUT2D eigenvalue weighted by molar-refractivity contribution is 7.90. The van der Waals surface area contributed by atoms with Crippen molar-refractivity contribution < 1.29 is 13.2 Å². The van der Waals surface area contributed by atoms with E-state index in [9.17, 15) is 13.2 Å². The number of hydrogen-bond donors (Lipinski definition) is 1. The number of rotatable bonds is 6. The van der Waals surface area contributed by atoms with Crippen molar-refractivity contribution >= 4 is 44.4 Å². The molecule has 5 rings (SSSR count). The summed E-state index contributed by atoms with van der Waals surface area (Å²) in [4.78, 5) is 26.2. The van der Waals surface area contributed by atoms with E-state index >= 15 is 0 Å².